The van der Waals surface area contributed by atoms with Crippen molar-refractivity contribution in [1.82, 2.24) is 14.6 Å². The zero-order valence-corrected chi connectivity index (χ0v) is 9.81. The van der Waals surface area contributed by atoms with Crippen molar-refractivity contribution >= 4 is 27.5 Å². The first-order chi connectivity index (χ1) is 7.66. The fourth-order valence-corrected chi connectivity index (χ4v) is 2.13. The van der Waals surface area contributed by atoms with Crippen molar-refractivity contribution in [2.24, 2.45) is 0 Å². The van der Waals surface area contributed by atoms with Gasteiger partial charge in [-0.1, -0.05) is 0 Å². The summed E-state index contributed by atoms with van der Waals surface area (Å²) in [5.74, 6) is -0.666. The molecule has 16 heavy (non-hydrogen) atoms. The van der Waals surface area contributed by atoms with E-state index in [2.05, 4.69) is 26.0 Å². The number of hydrogen-bond acceptors (Lipinski definition) is 3. The highest BCUT2D eigenvalue weighted by atomic mass is 79.9. The topological polar surface area (TPSA) is 67.5 Å². The quantitative estimate of drug-likeness (QED) is 0.915. The Kier molecular flexibility index (Phi) is 2.00. The molecule has 0 aromatic carbocycles. The normalized spacial score (nSPS) is 15.6. The van der Waals surface area contributed by atoms with E-state index in [1.807, 2.05) is 0 Å². The van der Waals surface area contributed by atoms with E-state index in [1.54, 1.807) is 12.4 Å². The number of aromatic nitrogens is 3. The third kappa shape index (κ3) is 1.41. The summed E-state index contributed by atoms with van der Waals surface area (Å²) >= 11 is 3.29. The predicted molar refractivity (Wildman–Crippen MR) is 59.6 cm³/mol. The number of hydrogen-bond donors (Lipinski definition) is 1. The molecule has 6 heteroatoms. The number of carboxylic acid groups (broad SMARTS) is 1. The predicted octanol–water partition coefficient (Wildman–Crippen LogP) is 2.07. The summed E-state index contributed by atoms with van der Waals surface area (Å²) in [6, 6.07) is 0. The summed E-state index contributed by atoms with van der Waals surface area (Å²) in [6.45, 7) is 0. The Balaban J connectivity index is 2.32. The van der Waals surface area contributed by atoms with Gasteiger partial charge in [-0.3, -0.25) is 0 Å². The lowest BCUT2D eigenvalue weighted by Gasteiger charge is -1.96. The van der Waals surface area contributed by atoms with E-state index in [0.29, 0.717) is 11.6 Å². The molecule has 0 saturated heterocycles. The van der Waals surface area contributed by atoms with Crippen LogP contribution in [0.1, 0.15) is 34.8 Å². The smallest absolute Gasteiger partial charge is 0.356 e. The Morgan fingerprint density at radius 3 is 2.94 bits per heavy atom. The van der Waals surface area contributed by atoms with Gasteiger partial charge in [-0.25, -0.2) is 14.3 Å². The Morgan fingerprint density at radius 1 is 1.56 bits per heavy atom. The summed E-state index contributed by atoms with van der Waals surface area (Å²) < 4.78 is 2.31. The van der Waals surface area contributed by atoms with Crippen molar-refractivity contribution in [1.29, 1.82) is 0 Å². The Bertz CT molecular complexity index is 589. The monoisotopic (exact) mass is 281 g/mol. The van der Waals surface area contributed by atoms with Gasteiger partial charge in [-0.05, 0) is 34.7 Å². The largest absolute Gasteiger partial charge is 0.476 e. The maximum absolute atomic E-state index is 11.1. The van der Waals surface area contributed by atoms with E-state index in [1.165, 1.54) is 4.52 Å². The Morgan fingerprint density at radius 2 is 2.31 bits per heavy atom. The SMILES string of the molecule is O=C(O)c1nn2cc(Br)cnc2c1C1CC1. The average molecular weight is 282 g/mol. The van der Waals surface area contributed by atoms with Crippen LogP contribution < -0.4 is 0 Å². The number of halogens is 1. The summed E-state index contributed by atoms with van der Waals surface area (Å²) in [5, 5.41) is 13.2. The summed E-state index contributed by atoms with van der Waals surface area (Å²) in [5.41, 5.74) is 1.57. The minimum Gasteiger partial charge on any atom is -0.476 e. The molecule has 1 fully saturated rings. The van der Waals surface area contributed by atoms with Crippen molar-refractivity contribution in [2.75, 3.05) is 0 Å². The van der Waals surface area contributed by atoms with Crippen molar-refractivity contribution in [3.63, 3.8) is 0 Å². The van der Waals surface area contributed by atoms with E-state index in [-0.39, 0.29) is 5.69 Å². The molecule has 0 spiro atoms. The van der Waals surface area contributed by atoms with Crippen LogP contribution in [0.15, 0.2) is 16.9 Å². The molecule has 2 heterocycles. The van der Waals surface area contributed by atoms with Gasteiger partial charge in [0.1, 0.15) is 0 Å². The zero-order valence-electron chi connectivity index (χ0n) is 8.22. The third-order valence-corrected chi connectivity index (χ3v) is 3.07. The van der Waals surface area contributed by atoms with Crippen LogP contribution in [0.25, 0.3) is 5.65 Å². The van der Waals surface area contributed by atoms with Crippen LogP contribution in [0, 0.1) is 0 Å². The lowest BCUT2D eigenvalue weighted by Crippen LogP contribution is -2.00. The fourth-order valence-electron chi connectivity index (χ4n) is 1.84. The second-order valence-electron chi connectivity index (χ2n) is 3.88. The van der Waals surface area contributed by atoms with Crippen LogP contribution in [-0.4, -0.2) is 25.7 Å². The molecule has 0 atom stereocenters. The van der Waals surface area contributed by atoms with Gasteiger partial charge in [0.15, 0.2) is 11.3 Å². The van der Waals surface area contributed by atoms with Gasteiger partial charge in [0.2, 0.25) is 0 Å². The molecule has 3 rings (SSSR count). The first kappa shape index (κ1) is 9.77. The zero-order chi connectivity index (χ0) is 11.3. The van der Waals surface area contributed by atoms with E-state index in [4.69, 9.17) is 5.11 Å². The molecule has 82 valence electrons. The number of nitrogens with zero attached hydrogens (tertiary/aromatic N) is 3. The lowest BCUT2D eigenvalue weighted by molar-refractivity contribution is 0.0689. The van der Waals surface area contributed by atoms with Crippen LogP contribution in [0.3, 0.4) is 0 Å². The Hall–Kier alpha value is -1.43. The van der Waals surface area contributed by atoms with Crippen molar-refractivity contribution in [3.8, 4) is 0 Å². The van der Waals surface area contributed by atoms with Crippen molar-refractivity contribution in [2.45, 2.75) is 18.8 Å². The van der Waals surface area contributed by atoms with Gasteiger partial charge in [-0.15, -0.1) is 0 Å². The molecule has 1 N–H and O–H groups in total. The van der Waals surface area contributed by atoms with E-state index >= 15 is 0 Å². The number of rotatable bonds is 2. The Labute approximate surface area is 99.2 Å². The highest BCUT2D eigenvalue weighted by molar-refractivity contribution is 9.10. The molecule has 1 saturated carbocycles. The van der Waals surface area contributed by atoms with Gasteiger partial charge in [0, 0.05) is 18.0 Å². The van der Waals surface area contributed by atoms with E-state index in [0.717, 1.165) is 22.9 Å². The van der Waals surface area contributed by atoms with Gasteiger partial charge >= 0.3 is 5.97 Å². The third-order valence-electron chi connectivity index (χ3n) is 2.66. The molecule has 2 aromatic rings. The summed E-state index contributed by atoms with van der Waals surface area (Å²) in [4.78, 5) is 15.3. The van der Waals surface area contributed by atoms with Crippen LogP contribution in [0.2, 0.25) is 0 Å². The molecule has 5 nitrogen and oxygen atoms in total. The van der Waals surface area contributed by atoms with Crippen molar-refractivity contribution < 1.29 is 9.90 Å². The minimum absolute atomic E-state index is 0.133. The van der Waals surface area contributed by atoms with Crippen molar-refractivity contribution in [3.05, 3.63) is 28.1 Å². The molecule has 0 unspecified atom stereocenters. The number of carboxylic acids is 1. The van der Waals surface area contributed by atoms with Crippen LogP contribution in [-0.2, 0) is 0 Å². The lowest BCUT2D eigenvalue weighted by atomic mass is 10.1. The molecular formula is C10H8BrN3O2. The van der Waals surface area contributed by atoms with E-state index in [9.17, 15) is 4.79 Å². The average Bonchev–Trinajstić information content (AvgIpc) is 2.99. The first-order valence-corrected chi connectivity index (χ1v) is 5.73. The number of carbonyl (C=O) groups is 1. The van der Waals surface area contributed by atoms with Gasteiger partial charge in [-0.2, -0.15) is 5.10 Å². The number of aromatic carboxylic acids is 1. The molecule has 1 aliphatic carbocycles. The summed E-state index contributed by atoms with van der Waals surface area (Å²) in [6.07, 6.45) is 5.44. The second-order valence-corrected chi connectivity index (χ2v) is 4.80. The van der Waals surface area contributed by atoms with Gasteiger partial charge in [0.25, 0.3) is 0 Å². The second kappa shape index (κ2) is 3.28. The highest BCUT2D eigenvalue weighted by Gasteiger charge is 2.33. The molecule has 0 aliphatic heterocycles. The molecule has 0 bridgehead atoms. The fraction of sp³-hybridized carbons (Fsp3) is 0.300. The molecule has 2 aromatic heterocycles. The van der Waals surface area contributed by atoms with E-state index < -0.39 is 5.97 Å². The maximum atomic E-state index is 11.1. The number of fused-ring (bicyclic) bond motifs is 1. The maximum Gasteiger partial charge on any atom is 0.356 e. The molecule has 1 aliphatic rings. The van der Waals surface area contributed by atoms with Gasteiger partial charge in [0.05, 0.1) is 4.47 Å². The first-order valence-electron chi connectivity index (χ1n) is 4.94. The van der Waals surface area contributed by atoms with Gasteiger partial charge < -0.3 is 5.11 Å². The summed E-state index contributed by atoms with van der Waals surface area (Å²) in [7, 11) is 0. The molecule has 0 radical (unpaired) electrons. The van der Waals surface area contributed by atoms with Crippen LogP contribution in [0.4, 0.5) is 0 Å². The van der Waals surface area contributed by atoms with Crippen LogP contribution in [0.5, 0.6) is 0 Å². The standard InChI is InChI=1S/C10H8BrN3O2/c11-6-3-12-9-7(5-1-2-5)8(10(15)16)13-14(9)4-6/h3-5H,1-2H2,(H,15,16). The highest BCUT2D eigenvalue weighted by Crippen LogP contribution is 2.43. The minimum atomic E-state index is -0.983. The van der Waals surface area contributed by atoms with Crippen LogP contribution >= 0.6 is 15.9 Å². The molecular weight excluding hydrogens is 274 g/mol. The molecule has 0 amide bonds.